The number of hydrogen-bond acceptors (Lipinski definition) is 3. The third-order valence-corrected chi connectivity index (χ3v) is 3.55. The zero-order chi connectivity index (χ0) is 9.97. The average Bonchev–Trinajstić information content (AvgIpc) is 2.61. The van der Waals surface area contributed by atoms with Crippen molar-refractivity contribution in [2.24, 2.45) is 0 Å². The maximum absolute atomic E-state index is 5.79. The largest absolute Gasteiger partial charge is 0.264 e. The second-order valence-corrected chi connectivity index (χ2v) is 4.25. The molecule has 0 aliphatic carbocycles. The van der Waals surface area contributed by atoms with E-state index in [1.54, 1.807) is 17.5 Å². The Hall–Kier alpha value is -0.930. The van der Waals surface area contributed by atoms with Gasteiger partial charge in [-0.3, -0.25) is 4.98 Å². The first-order valence-corrected chi connectivity index (χ1v) is 5.59. The van der Waals surface area contributed by atoms with E-state index in [1.807, 2.05) is 25.3 Å². The van der Waals surface area contributed by atoms with Crippen LogP contribution in [-0.2, 0) is 5.88 Å². The van der Waals surface area contributed by atoms with Crippen LogP contribution in [0.2, 0.25) is 0 Å². The average molecular weight is 225 g/mol. The molecule has 0 bridgehead atoms. The highest BCUT2D eigenvalue weighted by atomic mass is 35.5. The van der Waals surface area contributed by atoms with Gasteiger partial charge in [0.05, 0.1) is 11.6 Å². The molecule has 2 aromatic rings. The second-order valence-electron chi connectivity index (χ2n) is 2.90. The number of thiazole rings is 1. The summed E-state index contributed by atoms with van der Waals surface area (Å²) in [6.45, 7) is 1.98. The summed E-state index contributed by atoms with van der Waals surface area (Å²) in [5.74, 6) is 0.532. The van der Waals surface area contributed by atoms with Crippen LogP contribution >= 0.6 is 22.9 Å². The van der Waals surface area contributed by atoms with Crippen LogP contribution in [0.25, 0.3) is 10.6 Å². The van der Waals surface area contributed by atoms with Crippen LogP contribution in [0.15, 0.2) is 24.5 Å². The lowest BCUT2D eigenvalue weighted by Crippen LogP contribution is -1.78. The highest BCUT2D eigenvalue weighted by Crippen LogP contribution is 2.27. The van der Waals surface area contributed by atoms with Crippen molar-refractivity contribution in [3.8, 4) is 10.6 Å². The predicted molar refractivity (Wildman–Crippen MR) is 59.6 cm³/mol. The fourth-order valence-electron chi connectivity index (χ4n) is 1.16. The summed E-state index contributed by atoms with van der Waals surface area (Å²) in [5.41, 5.74) is 2.07. The summed E-state index contributed by atoms with van der Waals surface area (Å²) in [7, 11) is 0. The number of alkyl halides is 1. The lowest BCUT2D eigenvalue weighted by molar-refractivity contribution is 1.21. The van der Waals surface area contributed by atoms with E-state index < -0.39 is 0 Å². The molecule has 2 nitrogen and oxygen atoms in total. The molecule has 0 aliphatic rings. The molecule has 0 atom stereocenters. The quantitative estimate of drug-likeness (QED) is 0.732. The molecule has 0 N–H and O–H groups in total. The van der Waals surface area contributed by atoms with Gasteiger partial charge in [0.1, 0.15) is 5.01 Å². The third-order valence-electron chi connectivity index (χ3n) is 1.92. The molecule has 0 amide bonds. The molecule has 4 heteroatoms. The number of halogens is 1. The van der Waals surface area contributed by atoms with Gasteiger partial charge in [-0.05, 0) is 19.1 Å². The van der Waals surface area contributed by atoms with E-state index in [-0.39, 0.29) is 0 Å². The number of aromatic nitrogens is 2. The van der Waals surface area contributed by atoms with Crippen molar-refractivity contribution < 1.29 is 0 Å². The van der Waals surface area contributed by atoms with Gasteiger partial charge in [-0.15, -0.1) is 22.9 Å². The fourth-order valence-corrected chi connectivity index (χ4v) is 2.42. The van der Waals surface area contributed by atoms with Crippen molar-refractivity contribution in [2.45, 2.75) is 12.8 Å². The van der Waals surface area contributed by atoms with Gasteiger partial charge in [0.25, 0.3) is 0 Å². The van der Waals surface area contributed by atoms with Crippen molar-refractivity contribution in [1.82, 2.24) is 9.97 Å². The zero-order valence-electron chi connectivity index (χ0n) is 7.70. The van der Waals surface area contributed by atoms with E-state index in [0.717, 1.165) is 21.1 Å². The van der Waals surface area contributed by atoms with E-state index in [1.165, 1.54) is 0 Å². The van der Waals surface area contributed by atoms with Gasteiger partial charge in [0, 0.05) is 22.8 Å². The summed E-state index contributed by atoms with van der Waals surface area (Å²) >= 11 is 7.42. The molecule has 2 rings (SSSR count). The summed E-state index contributed by atoms with van der Waals surface area (Å²) in [6, 6.07) is 3.91. The maximum atomic E-state index is 5.79. The van der Waals surface area contributed by atoms with Crippen LogP contribution in [-0.4, -0.2) is 9.97 Å². The van der Waals surface area contributed by atoms with Crippen LogP contribution in [0, 0.1) is 6.92 Å². The molecule has 0 saturated heterocycles. The number of nitrogens with zero attached hydrogens (tertiary/aromatic N) is 2. The molecule has 0 saturated carbocycles. The molecular formula is C10H9ClN2S. The monoisotopic (exact) mass is 224 g/mol. The third kappa shape index (κ3) is 1.79. The van der Waals surface area contributed by atoms with Crippen molar-refractivity contribution in [3.05, 3.63) is 35.1 Å². The van der Waals surface area contributed by atoms with Crippen LogP contribution in [0.3, 0.4) is 0 Å². The minimum atomic E-state index is 0.532. The fraction of sp³-hybridized carbons (Fsp3) is 0.200. The van der Waals surface area contributed by atoms with Crippen molar-refractivity contribution in [2.75, 3.05) is 0 Å². The molecule has 0 radical (unpaired) electrons. The topological polar surface area (TPSA) is 25.8 Å². The molecule has 72 valence electrons. The summed E-state index contributed by atoms with van der Waals surface area (Å²) < 4.78 is 0. The summed E-state index contributed by atoms with van der Waals surface area (Å²) in [5, 5.41) is 0.992. The summed E-state index contributed by atoms with van der Waals surface area (Å²) in [4.78, 5) is 9.64. The standard InChI is InChI=1S/C10H9ClN2S/c1-7-9(5-11)14-10(13-7)8-3-2-4-12-6-8/h2-4,6H,5H2,1H3. The Morgan fingerprint density at radius 1 is 1.50 bits per heavy atom. The Morgan fingerprint density at radius 2 is 2.36 bits per heavy atom. The zero-order valence-corrected chi connectivity index (χ0v) is 9.27. The van der Waals surface area contributed by atoms with Crippen LogP contribution < -0.4 is 0 Å². The Bertz CT molecular complexity index is 425. The van der Waals surface area contributed by atoms with Crippen molar-refractivity contribution >= 4 is 22.9 Å². The van der Waals surface area contributed by atoms with Gasteiger partial charge in [0.15, 0.2) is 0 Å². The van der Waals surface area contributed by atoms with Crippen molar-refractivity contribution in [3.63, 3.8) is 0 Å². The maximum Gasteiger partial charge on any atom is 0.125 e. The van der Waals surface area contributed by atoms with E-state index in [9.17, 15) is 0 Å². The first-order valence-electron chi connectivity index (χ1n) is 4.24. The Kier molecular flexibility index (Phi) is 2.79. The number of aryl methyl sites for hydroxylation is 1. The predicted octanol–water partition coefficient (Wildman–Crippen LogP) is 3.25. The molecule has 0 spiro atoms. The van der Waals surface area contributed by atoms with Gasteiger partial charge in [-0.1, -0.05) is 0 Å². The SMILES string of the molecule is Cc1nc(-c2cccnc2)sc1CCl. The van der Waals surface area contributed by atoms with E-state index in [2.05, 4.69) is 9.97 Å². The minimum absolute atomic E-state index is 0.532. The van der Waals surface area contributed by atoms with Crippen LogP contribution in [0.1, 0.15) is 10.6 Å². The number of pyridine rings is 1. The van der Waals surface area contributed by atoms with Crippen molar-refractivity contribution in [1.29, 1.82) is 0 Å². The molecule has 2 heterocycles. The van der Waals surface area contributed by atoms with Crippen LogP contribution in [0.4, 0.5) is 0 Å². The minimum Gasteiger partial charge on any atom is -0.264 e. The van der Waals surface area contributed by atoms with E-state index >= 15 is 0 Å². The number of hydrogen-bond donors (Lipinski definition) is 0. The molecule has 0 aliphatic heterocycles. The number of rotatable bonds is 2. The second kappa shape index (κ2) is 4.07. The van der Waals surface area contributed by atoms with Crippen LogP contribution in [0.5, 0.6) is 0 Å². The molecule has 14 heavy (non-hydrogen) atoms. The molecular weight excluding hydrogens is 216 g/mol. The highest BCUT2D eigenvalue weighted by Gasteiger charge is 2.07. The lowest BCUT2D eigenvalue weighted by Gasteiger charge is -1.91. The van der Waals surface area contributed by atoms with E-state index in [0.29, 0.717) is 5.88 Å². The molecule has 2 aromatic heterocycles. The molecule has 0 fully saturated rings. The highest BCUT2D eigenvalue weighted by molar-refractivity contribution is 7.15. The van der Waals surface area contributed by atoms with Gasteiger partial charge in [0.2, 0.25) is 0 Å². The van der Waals surface area contributed by atoms with Gasteiger partial charge in [-0.2, -0.15) is 0 Å². The smallest absolute Gasteiger partial charge is 0.125 e. The molecule has 0 unspecified atom stereocenters. The first-order chi connectivity index (χ1) is 6.81. The molecule has 0 aromatic carbocycles. The Labute approximate surface area is 91.6 Å². The lowest BCUT2D eigenvalue weighted by atomic mass is 10.3. The van der Waals surface area contributed by atoms with E-state index in [4.69, 9.17) is 11.6 Å². The van der Waals surface area contributed by atoms with Gasteiger partial charge in [-0.25, -0.2) is 4.98 Å². The van der Waals surface area contributed by atoms with Gasteiger partial charge >= 0.3 is 0 Å². The van der Waals surface area contributed by atoms with Gasteiger partial charge < -0.3 is 0 Å². The summed E-state index contributed by atoms with van der Waals surface area (Å²) in [6.07, 6.45) is 3.57. The Morgan fingerprint density at radius 3 is 2.93 bits per heavy atom. The first kappa shape index (κ1) is 9.62. The Balaban J connectivity index is 2.43. The normalized spacial score (nSPS) is 10.4.